The van der Waals surface area contributed by atoms with E-state index in [1.54, 1.807) is 13.8 Å². The van der Waals surface area contributed by atoms with Gasteiger partial charge in [0.15, 0.2) is 0 Å². The molecule has 2 aromatic rings. The standard InChI is InChI=1S/C19H23NO5/c1-4-15-16-13(12-9-7-8-10-14(12)20-16)11-19(25-15,17(21)23-5-2)18(22)24-6-3/h7-10,15,20H,4-6,11H2,1-3H3. The lowest BCUT2D eigenvalue weighted by molar-refractivity contribution is -0.201. The van der Waals surface area contributed by atoms with Crippen LogP contribution in [0.25, 0.3) is 10.9 Å². The van der Waals surface area contributed by atoms with E-state index in [0.29, 0.717) is 6.42 Å². The molecule has 1 N–H and O–H groups in total. The summed E-state index contributed by atoms with van der Waals surface area (Å²) in [6.45, 7) is 5.69. The summed E-state index contributed by atoms with van der Waals surface area (Å²) >= 11 is 0. The fourth-order valence-corrected chi connectivity index (χ4v) is 3.39. The van der Waals surface area contributed by atoms with Gasteiger partial charge in [-0.3, -0.25) is 0 Å². The van der Waals surface area contributed by atoms with E-state index in [-0.39, 0.29) is 19.6 Å². The monoisotopic (exact) mass is 345 g/mol. The van der Waals surface area contributed by atoms with E-state index in [4.69, 9.17) is 14.2 Å². The maximum atomic E-state index is 12.7. The number of fused-ring (bicyclic) bond motifs is 3. The Hall–Kier alpha value is -2.34. The number of rotatable bonds is 5. The lowest BCUT2D eigenvalue weighted by Gasteiger charge is -2.36. The van der Waals surface area contributed by atoms with E-state index < -0.39 is 23.6 Å². The Balaban J connectivity index is 2.15. The number of ether oxygens (including phenoxy) is 3. The zero-order chi connectivity index (χ0) is 18.0. The van der Waals surface area contributed by atoms with Gasteiger partial charge in [-0.05, 0) is 31.9 Å². The summed E-state index contributed by atoms with van der Waals surface area (Å²) in [6, 6.07) is 7.82. The molecule has 6 heteroatoms. The van der Waals surface area contributed by atoms with Gasteiger partial charge in [-0.2, -0.15) is 0 Å². The second-order valence-electron chi connectivity index (χ2n) is 6.02. The predicted octanol–water partition coefficient (Wildman–Crippen LogP) is 3.06. The average molecular weight is 345 g/mol. The average Bonchev–Trinajstić information content (AvgIpc) is 2.99. The Morgan fingerprint density at radius 2 is 1.80 bits per heavy atom. The zero-order valence-corrected chi connectivity index (χ0v) is 14.8. The molecule has 0 fully saturated rings. The van der Waals surface area contributed by atoms with Crippen molar-refractivity contribution in [2.24, 2.45) is 0 Å². The molecule has 2 heterocycles. The molecule has 0 saturated heterocycles. The van der Waals surface area contributed by atoms with Crippen LogP contribution in [0.2, 0.25) is 0 Å². The molecule has 6 nitrogen and oxygen atoms in total. The molecule has 1 unspecified atom stereocenters. The van der Waals surface area contributed by atoms with Crippen molar-refractivity contribution in [2.45, 2.75) is 45.3 Å². The number of esters is 2. The highest BCUT2D eigenvalue weighted by Crippen LogP contribution is 2.42. The number of nitrogens with one attached hydrogen (secondary N) is 1. The molecule has 1 aliphatic rings. The highest BCUT2D eigenvalue weighted by atomic mass is 16.6. The van der Waals surface area contributed by atoms with Crippen LogP contribution in [0.3, 0.4) is 0 Å². The number of hydrogen-bond acceptors (Lipinski definition) is 5. The second-order valence-corrected chi connectivity index (χ2v) is 6.02. The molecule has 0 aliphatic carbocycles. The minimum Gasteiger partial charge on any atom is -0.463 e. The molecule has 1 atom stereocenters. The topological polar surface area (TPSA) is 77.6 Å². The summed E-state index contributed by atoms with van der Waals surface area (Å²) in [5.74, 6) is -1.38. The maximum absolute atomic E-state index is 12.7. The van der Waals surface area contributed by atoms with Crippen LogP contribution in [0.1, 0.15) is 44.6 Å². The lowest BCUT2D eigenvalue weighted by atomic mass is 9.87. The third kappa shape index (κ3) is 2.80. The van der Waals surface area contributed by atoms with Gasteiger partial charge < -0.3 is 19.2 Å². The Morgan fingerprint density at radius 1 is 1.16 bits per heavy atom. The number of carbonyl (C=O) groups excluding carboxylic acids is 2. The van der Waals surface area contributed by atoms with Crippen molar-refractivity contribution in [1.82, 2.24) is 4.98 Å². The lowest BCUT2D eigenvalue weighted by Crippen LogP contribution is -2.55. The fourth-order valence-electron chi connectivity index (χ4n) is 3.39. The van der Waals surface area contributed by atoms with Gasteiger partial charge in [0.25, 0.3) is 5.60 Å². The number of para-hydroxylation sites is 1. The Morgan fingerprint density at radius 3 is 2.40 bits per heavy atom. The number of H-pyrrole nitrogens is 1. The summed E-state index contributed by atoms with van der Waals surface area (Å²) in [6.07, 6.45) is 0.297. The number of aromatic amines is 1. The fraction of sp³-hybridized carbons (Fsp3) is 0.474. The van der Waals surface area contributed by atoms with Gasteiger partial charge in [0.05, 0.1) is 19.3 Å². The van der Waals surface area contributed by atoms with Gasteiger partial charge in [0.2, 0.25) is 0 Å². The Labute approximate surface area is 146 Å². The number of carbonyl (C=O) groups is 2. The molecule has 25 heavy (non-hydrogen) atoms. The van der Waals surface area contributed by atoms with E-state index in [2.05, 4.69) is 4.98 Å². The van der Waals surface area contributed by atoms with E-state index in [0.717, 1.165) is 22.2 Å². The van der Waals surface area contributed by atoms with Crippen molar-refractivity contribution >= 4 is 22.8 Å². The zero-order valence-electron chi connectivity index (χ0n) is 14.8. The van der Waals surface area contributed by atoms with Crippen LogP contribution in [0.15, 0.2) is 24.3 Å². The summed E-state index contributed by atoms with van der Waals surface area (Å²) in [5, 5.41) is 0.984. The summed E-state index contributed by atoms with van der Waals surface area (Å²) < 4.78 is 16.4. The summed E-state index contributed by atoms with van der Waals surface area (Å²) in [5.41, 5.74) is 1.02. The van der Waals surface area contributed by atoms with Crippen molar-refractivity contribution in [2.75, 3.05) is 13.2 Å². The number of aromatic nitrogens is 1. The molecule has 1 aromatic heterocycles. The molecular weight excluding hydrogens is 322 g/mol. The van der Waals surface area contributed by atoms with Crippen molar-refractivity contribution in [1.29, 1.82) is 0 Å². The van der Waals surface area contributed by atoms with E-state index in [9.17, 15) is 9.59 Å². The maximum Gasteiger partial charge on any atom is 0.350 e. The van der Waals surface area contributed by atoms with Crippen molar-refractivity contribution < 1.29 is 23.8 Å². The molecule has 134 valence electrons. The SMILES string of the molecule is CCOC(=O)C1(C(=O)OCC)Cc2c([nH]c3ccccc23)C(CC)O1. The molecule has 0 spiro atoms. The molecular formula is C19H23NO5. The molecule has 0 amide bonds. The van der Waals surface area contributed by atoms with E-state index in [1.807, 2.05) is 31.2 Å². The van der Waals surface area contributed by atoms with Gasteiger partial charge in [0, 0.05) is 23.0 Å². The quantitative estimate of drug-likeness (QED) is 0.666. The highest BCUT2D eigenvalue weighted by Gasteiger charge is 2.55. The third-order valence-electron chi connectivity index (χ3n) is 4.52. The first-order chi connectivity index (χ1) is 12.1. The predicted molar refractivity (Wildman–Crippen MR) is 92.1 cm³/mol. The number of benzene rings is 1. The van der Waals surface area contributed by atoms with Gasteiger partial charge >= 0.3 is 11.9 Å². The Bertz CT molecular complexity index is 776. The second kappa shape index (κ2) is 6.88. The minimum absolute atomic E-state index is 0.0977. The minimum atomic E-state index is -1.76. The summed E-state index contributed by atoms with van der Waals surface area (Å²) in [4.78, 5) is 28.8. The smallest absolute Gasteiger partial charge is 0.350 e. The van der Waals surface area contributed by atoms with Gasteiger partial charge in [0.1, 0.15) is 0 Å². The third-order valence-corrected chi connectivity index (χ3v) is 4.52. The van der Waals surface area contributed by atoms with Gasteiger partial charge in [-0.1, -0.05) is 25.1 Å². The molecule has 1 aliphatic heterocycles. The summed E-state index contributed by atoms with van der Waals surface area (Å²) in [7, 11) is 0. The van der Waals surface area contributed by atoms with Crippen LogP contribution in [0, 0.1) is 0 Å². The van der Waals surface area contributed by atoms with Gasteiger partial charge in [-0.25, -0.2) is 9.59 Å². The molecule has 3 rings (SSSR count). The van der Waals surface area contributed by atoms with Crippen LogP contribution in [-0.4, -0.2) is 35.7 Å². The van der Waals surface area contributed by atoms with Crippen LogP contribution in [0.5, 0.6) is 0 Å². The molecule has 0 saturated carbocycles. The van der Waals surface area contributed by atoms with Crippen LogP contribution < -0.4 is 0 Å². The van der Waals surface area contributed by atoms with Crippen LogP contribution in [0.4, 0.5) is 0 Å². The molecule has 0 radical (unpaired) electrons. The van der Waals surface area contributed by atoms with Crippen molar-refractivity contribution in [3.63, 3.8) is 0 Å². The number of hydrogen-bond donors (Lipinski definition) is 1. The van der Waals surface area contributed by atoms with Crippen LogP contribution >= 0.6 is 0 Å². The largest absolute Gasteiger partial charge is 0.463 e. The van der Waals surface area contributed by atoms with Gasteiger partial charge in [-0.15, -0.1) is 0 Å². The highest BCUT2D eigenvalue weighted by molar-refractivity contribution is 6.05. The van der Waals surface area contributed by atoms with E-state index >= 15 is 0 Å². The van der Waals surface area contributed by atoms with E-state index in [1.165, 1.54) is 0 Å². The Kier molecular flexibility index (Phi) is 4.81. The molecule has 0 bridgehead atoms. The molecule has 1 aromatic carbocycles. The van der Waals surface area contributed by atoms with Crippen LogP contribution in [-0.2, 0) is 30.2 Å². The normalized spacial score (nSPS) is 18.6. The first-order valence-electron chi connectivity index (χ1n) is 8.69. The first kappa shape index (κ1) is 17.5. The van der Waals surface area contributed by atoms with Crippen molar-refractivity contribution in [3.05, 3.63) is 35.5 Å². The van der Waals surface area contributed by atoms with Crippen molar-refractivity contribution in [3.8, 4) is 0 Å². The first-order valence-corrected chi connectivity index (χ1v) is 8.69.